The number of alkyl carbamates (subject to hydrolysis) is 1. The molecule has 0 aliphatic rings. The first-order valence-electron chi connectivity index (χ1n) is 18.9. The van der Waals surface area contributed by atoms with Gasteiger partial charge in [0.1, 0.15) is 23.8 Å². The van der Waals surface area contributed by atoms with E-state index in [0.717, 1.165) is 17.5 Å². The van der Waals surface area contributed by atoms with E-state index in [1.165, 1.54) is 0 Å². The molecule has 4 aromatic rings. The van der Waals surface area contributed by atoms with Gasteiger partial charge in [0.2, 0.25) is 23.5 Å². The fraction of sp³-hybridized carbons (Fsp3) is 0.486. The van der Waals surface area contributed by atoms with E-state index in [1.54, 1.807) is 45.0 Å². The first-order chi connectivity index (χ1) is 28.1. The number of benzene rings is 2. The van der Waals surface area contributed by atoms with Crippen LogP contribution in [0.25, 0.3) is 0 Å². The fourth-order valence-electron chi connectivity index (χ4n) is 5.38. The van der Waals surface area contributed by atoms with E-state index in [-0.39, 0.29) is 24.8 Å². The molecule has 0 aliphatic carbocycles. The van der Waals surface area contributed by atoms with Crippen molar-refractivity contribution in [2.75, 3.05) is 13.1 Å². The first kappa shape index (κ1) is 50.0. The monoisotopic (exact) mass is 858 g/mol. The number of nitrogens with one attached hydrogen (secondary N) is 7. The van der Waals surface area contributed by atoms with E-state index in [2.05, 4.69) is 67.8 Å². The number of rotatable bonds is 19. The van der Waals surface area contributed by atoms with E-state index in [1.807, 2.05) is 50.2 Å². The number of ether oxygens (including phenoxy) is 1. The van der Waals surface area contributed by atoms with Gasteiger partial charge in [-0.15, -0.1) is 32.8 Å². The van der Waals surface area contributed by atoms with Crippen molar-refractivity contribution in [2.24, 2.45) is 5.73 Å². The number of H-pyrrole nitrogens is 2. The summed E-state index contributed by atoms with van der Waals surface area (Å²) in [6.45, 7) is 8.17. The van der Waals surface area contributed by atoms with Crippen molar-refractivity contribution in [3.05, 3.63) is 83.4 Å². The van der Waals surface area contributed by atoms with Crippen LogP contribution in [-0.4, -0.2) is 124 Å². The molecule has 23 heteroatoms. The summed E-state index contributed by atoms with van der Waals surface area (Å²) in [5, 5.41) is 60.4. The second-order valence-corrected chi connectivity index (χ2v) is 14.2. The lowest BCUT2D eigenvalue weighted by Crippen LogP contribution is -2.52. The number of aliphatic hydroxyl groups is 2. The summed E-state index contributed by atoms with van der Waals surface area (Å²) in [7, 11) is 0. The molecule has 0 fully saturated rings. The number of hydrogen-bond acceptors (Lipinski definition) is 15. The molecular weight excluding hydrogens is 804 g/mol. The number of nitrogens with two attached hydrogens (primary N) is 1. The number of nitrogens with zero attached hydrogens (tertiary/aromatic N) is 6. The van der Waals surface area contributed by atoms with Crippen molar-refractivity contribution < 1.29 is 38.9 Å². The Kier molecular flexibility index (Phi) is 21.2. The average Bonchev–Trinajstić information content (AvgIpc) is 3.96. The normalized spacial score (nSPS) is 13.9. The minimum absolute atomic E-state index is 0. The van der Waals surface area contributed by atoms with E-state index in [4.69, 9.17) is 10.5 Å². The molecule has 0 saturated heterocycles. The predicted octanol–water partition coefficient (Wildman–Crippen LogP) is 0.00740. The van der Waals surface area contributed by atoms with E-state index in [0.29, 0.717) is 25.1 Å². The van der Waals surface area contributed by atoms with Crippen LogP contribution in [0.2, 0.25) is 0 Å². The van der Waals surface area contributed by atoms with Crippen molar-refractivity contribution in [1.82, 2.24) is 67.8 Å². The number of hydrogen-bond donors (Lipinski definition) is 10. The van der Waals surface area contributed by atoms with Crippen LogP contribution < -0.4 is 32.3 Å². The molecule has 0 radical (unpaired) electrons. The SMILES string of the molecule is CCCC(N)C(O)C(=O)NCC(=O)NC(c1ccccc1)c1nn[nH]n1.CCCC(NC(=O)OC(C)(C)C)C(O)C(=O)NCC(=O)NC(c1ccccc1)c1nn[nH]n1.Cl. The summed E-state index contributed by atoms with van der Waals surface area (Å²) in [6.07, 6.45) is -1.46. The molecule has 6 unspecified atom stereocenters. The zero-order valence-electron chi connectivity index (χ0n) is 34.0. The Morgan fingerprint density at radius 2 is 1.13 bits per heavy atom. The number of amides is 5. The molecule has 4 rings (SSSR count). The molecule has 2 aromatic heterocycles. The smallest absolute Gasteiger partial charge is 0.407 e. The Balaban J connectivity index is 0.000000418. The van der Waals surface area contributed by atoms with Gasteiger partial charge in [-0.1, -0.05) is 97.8 Å². The quantitative estimate of drug-likeness (QED) is 0.0594. The predicted molar refractivity (Wildman–Crippen MR) is 217 cm³/mol. The maximum atomic E-state index is 12.5. The molecule has 11 N–H and O–H groups in total. The van der Waals surface area contributed by atoms with Crippen LogP contribution in [-0.2, 0) is 23.9 Å². The maximum Gasteiger partial charge on any atom is 0.407 e. The summed E-state index contributed by atoms with van der Waals surface area (Å²) in [6, 6.07) is 15.3. The van der Waals surface area contributed by atoms with Crippen molar-refractivity contribution in [3.63, 3.8) is 0 Å². The summed E-state index contributed by atoms with van der Waals surface area (Å²) >= 11 is 0. The summed E-state index contributed by atoms with van der Waals surface area (Å²) in [5.74, 6) is -1.92. The van der Waals surface area contributed by atoms with Gasteiger partial charge in [0.25, 0.3) is 11.8 Å². The van der Waals surface area contributed by atoms with Gasteiger partial charge in [-0.25, -0.2) is 4.79 Å². The molecule has 328 valence electrons. The maximum absolute atomic E-state index is 12.5. The molecule has 2 aromatic carbocycles. The zero-order chi connectivity index (χ0) is 43.4. The Bertz CT molecular complexity index is 1870. The van der Waals surface area contributed by atoms with Crippen molar-refractivity contribution in [1.29, 1.82) is 0 Å². The number of carbonyl (C=O) groups is 5. The number of carbonyl (C=O) groups excluding carboxylic acids is 5. The number of halogens is 1. The third-order valence-electron chi connectivity index (χ3n) is 8.21. The van der Waals surface area contributed by atoms with Crippen molar-refractivity contribution in [2.45, 2.75) is 102 Å². The number of aromatic nitrogens is 8. The lowest BCUT2D eigenvalue weighted by atomic mass is 10.1. The highest BCUT2D eigenvalue weighted by molar-refractivity contribution is 5.88. The van der Waals surface area contributed by atoms with Gasteiger partial charge in [0, 0.05) is 6.04 Å². The van der Waals surface area contributed by atoms with Gasteiger partial charge in [-0.05, 0) is 44.7 Å². The summed E-state index contributed by atoms with van der Waals surface area (Å²) in [4.78, 5) is 61.1. The molecule has 22 nitrogen and oxygen atoms in total. The largest absolute Gasteiger partial charge is 0.444 e. The van der Waals surface area contributed by atoms with Gasteiger partial charge in [-0.2, -0.15) is 10.4 Å². The van der Waals surface area contributed by atoms with Crippen molar-refractivity contribution >= 4 is 42.1 Å². The summed E-state index contributed by atoms with van der Waals surface area (Å²) < 4.78 is 5.19. The first-order valence-corrected chi connectivity index (χ1v) is 18.9. The molecule has 60 heavy (non-hydrogen) atoms. The van der Waals surface area contributed by atoms with Gasteiger partial charge in [-0.3, -0.25) is 19.2 Å². The zero-order valence-corrected chi connectivity index (χ0v) is 34.8. The van der Waals surface area contributed by atoms with Crippen LogP contribution in [0.3, 0.4) is 0 Å². The van der Waals surface area contributed by atoms with Gasteiger partial charge in [0.05, 0.1) is 19.1 Å². The van der Waals surface area contributed by atoms with Gasteiger partial charge >= 0.3 is 6.09 Å². The van der Waals surface area contributed by atoms with E-state index < -0.39 is 78.2 Å². The van der Waals surface area contributed by atoms with Crippen LogP contribution in [0.15, 0.2) is 60.7 Å². The van der Waals surface area contributed by atoms with Gasteiger partial charge in [0.15, 0.2) is 6.10 Å². The van der Waals surface area contributed by atoms with Crippen molar-refractivity contribution in [3.8, 4) is 0 Å². The lowest BCUT2D eigenvalue weighted by molar-refractivity contribution is -0.133. The van der Waals surface area contributed by atoms with Crippen LogP contribution >= 0.6 is 12.4 Å². The third kappa shape index (κ3) is 17.0. The Hall–Kier alpha value is -6.10. The van der Waals surface area contributed by atoms with Crippen LogP contribution in [0, 0.1) is 0 Å². The third-order valence-corrected chi connectivity index (χ3v) is 8.21. The average molecular weight is 859 g/mol. The highest BCUT2D eigenvalue weighted by atomic mass is 35.5. The lowest BCUT2D eigenvalue weighted by Gasteiger charge is -2.26. The number of aliphatic hydroxyl groups excluding tert-OH is 2. The molecule has 0 spiro atoms. The fourth-order valence-corrected chi connectivity index (χ4v) is 5.38. The van der Waals surface area contributed by atoms with E-state index in [9.17, 15) is 34.2 Å². The standard InChI is InChI=1S/C21H31N7O5.C16H23N7O3.ClH/c1-5-9-14(23-20(32)33-21(2,3)4)17(30)19(31)22-12-15(29)24-16(18-25-27-28-26-18)13-10-7-6-8-11-13;1-2-6-11(17)14(25)16(26)18-9-12(24)19-13(15-20-22-23-21-15)10-7-4-3-5-8-10;/h6-8,10-11,14,16-17,30H,5,9,12H2,1-4H3,(H,22,31)(H,23,32)(H,24,29)(H,25,26,27,28);3-5,7-8,11,13-14,25H,2,6,9,17H2,1H3,(H,18,26)(H,19,24)(H,20,21,22,23);1H. The summed E-state index contributed by atoms with van der Waals surface area (Å²) in [5.41, 5.74) is 6.48. The van der Waals surface area contributed by atoms with Crippen LogP contribution in [0.5, 0.6) is 0 Å². The molecule has 0 bridgehead atoms. The van der Waals surface area contributed by atoms with Crippen LogP contribution in [0.1, 0.15) is 95.2 Å². The highest BCUT2D eigenvalue weighted by Crippen LogP contribution is 2.19. The van der Waals surface area contributed by atoms with E-state index >= 15 is 0 Å². The van der Waals surface area contributed by atoms with Crippen LogP contribution in [0.4, 0.5) is 4.79 Å². The second kappa shape index (κ2) is 25.4. The topological polar surface area (TPSA) is 330 Å². The molecular formula is C37H55ClN14O8. The number of aromatic amines is 2. The Morgan fingerprint density at radius 3 is 1.52 bits per heavy atom. The molecule has 6 atom stereocenters. The Labute approximate surface area is 352 Å². The molecule has 2 heterocycles. The number of tetrazole rings is 2. The Morgan fingerprint density at radius 1 is 0.700 bits per heavy atom. The molecule has 5 amide bonds. The van der Waals surface area contributed by atoms with Gasteiger partial charge < -0.3 is 47.3 Å². The molecule has 0 aliphatic heterocycles. The minimum Gasteiger partial charge on any atom is -0.444 e. The second-order valence-electron chi connectivity index (χ2n) is 14.2. The molecule has 0 saturated carbocycles. The minimum atomic E-state index is -1.56. The highest BCUT2D eigenvalue weighted by Gasteiger charge is 2.30.